The number of hydrogen-bond donors (Lipinski definition) is 4. The molecule has 0 aliphatic heterocycles. The fourth-order valence-electron chi connectivity index (χ4n) is 1.64. The predicted octanol–water partition coefficient (Wildman–Crippen LogP) is -0.918. The van der Waals surface area contributed by atoms with Crippen LogP contribution in [-0.4, -0.2) is 46.0 Å². The first kappa shape index (κ1) is 13.3. The third-order valence-corrected chi connectivity index (χ3v) is 2.50. The lowest BCUT2D eigenvalue weighted by atomic mass is 9.89. The van der Waals surface area contributed by atoms with Crippen molar-refractivity contribution < 1.29 is 14.7 Å². The monoisotopic (exact) mass is 240 g/mol. The van der Waals surface area contributed by atoms with E-state index in [1.807, 2.05) is 0 Å². The summed E-state index contributed by atoms with van der Waals surface area (Å²) in [4.78, 5) is 29.7. The molecule has 0 bridgehead atoms. The SMILES string of the molecule is CNC(C(=O)O)C(C(=O)C(C)N)c1c[nH]cn1. The lowest BCUT2D eigenvalue weighted by molar-refractivity contribution is -0.142. The first-order chi connectivity index (χ1) is 7.99. The van der Waals surface area contributed by atoms with Gasteiger partial charge in [-0.1, -0.05) is 0 Å². The number of carbonyl (C=O) groups excluding carboxylic acids is 1. The minimum absolute atomic E-state index is 0.362. The molecule has 0 saturated heterocycles. The molecule has 0 spiro atoms. The Balaban J connectivity index is 3.10. The van der Waals surface area contributed by atoms with Crippen molar-refractivity contribution in [3.63, 3.8) is 0 Å². The molecule has 0 amide bonds. The first-order valence-corrected chi connectivity index (χ1v) is 5.17. The molecule has 0 aliphatic rings. The fourth-order valence-corrected chi connectivity index (χ4v) is 1.64. The first-order valence-electron chi connectivity index (χ1n) is 5.17. The van der Waals surface area contributed by atoms with E-state index in [1.165, 1.54) is 26.5 Å². The maximum absolute atomic E-state index is 12.0. The number of hydrogen-bond acceptors (Lipinski definition) is 5. The highest BCUT2D eigenvalue weighted by Crippen LogP contribution is 2.20. The Bertz CT molecular complexity index is 388. The van der Waals surface area contributed by atoms with Crippen LogP contribution in [0.5, 0.6) is 0 Å². The van der Waals surface area contributed by atoms with E-state index < -0.39 is 24.0 Å². The molecule has 0 fully saturated rings. The van der Waals surface area contributed by atoms with Gasteiger partial charge in [0.25, 0.3) is 0 Å². The van der Waals surface area contributed by atoms with Crippen molar-refractivity contribution in [1.29, 1.82) is 0 Å². The second-order valence-corrected chi connectivity index (χ2v) is 3.77. The van der Waals surface area contributed by atoms with Crippen LogP contribution < -0.4 is 11.1 Å². The van der Waals surface area contributed by atoms with E-state index in [-0.39, 0.29) is 5.78 Å². The van der Waals surface area contributed by atoms with Crippen molar-refractivity contribution in [1.82, 2.24) is 15.3 Å². The Morgan fingerprint density at radius 1 is 1.59 bits per heavy atom. The van der Waals surface area contributed by atoms with Crippen molar-refractivity contribution in [3.8, 4) is 0 Å². The maximum Gasteiger partial charge on any atom is 0.321 e. The molecule has 1 aromatic rings. The molecule has 1 rings (SSSR count). The standard InChI is InChI=1S/C10H16N4O3/c1-5(11)9(15)7(6-3-13-4-14-6)8(12-2)10(16)17/h3-5,7-8,12H,11H2,1-2H3,(H,13,14)(H,16,17). The van der Waals surface area contributed by atoms with Crippen molar-refractivity contribution in [2.75, 3.05) is 7.05 Å². The van der Waals surface area contributed by atoms with Gasteiger partial charge in [-0.25, -0.2) is 4.98 Å². The number of imidazole rings is 1. The number of nitrogens with zero attached hydrogens (tertiary/aromatic N) is 1. The Morgan fingerprint density at radius 3 is 2.59 bits per heavy atom. The van der Waals surface area contributed by atoms with Crippen LogP contribution in [0.1, 0.15) is 18.5 Å². The molecule has 0 saturated carbocycles. The lowest BCUT2D eigenvalue weighted by Gasteiger charge is -2.22. The number of aromatic amines is 1. The molecule has 3 unspecified atom stereocenters. The number of nitrogens with one attached hydrogen (secondary N) is 2. The number of Topliss-reactive ketones (excluding diaryl/α,β-unsaturated/α-hetero) is 1. The summed E-state index contributed by atoms with van der Waals surface area (Å²) in [6.45, 7) is 1.52. The molecular weight excluding hydrogens is 224 g/mol. The summed E-state index contributed by atoms with van der Waals surface area (Å²) in [7, 11) is 1.48. The number of aliphatic carboxylic acids is 1. The number of carboxylic acid groups (broad SMARTS) is 1. The summed E-state index contributed by atoms with van der Waals surface area (Å²) in [6, 6.07) is -1.79. The van der Waals surface area contributed by atoms with Gasteiger partial charge in [0.2, 0.25) is 0 Å². The minimum atomic E-state index is -1.12. The Hall–Kier alpha value is -1.73. The number of H-pyrrole nitrogens is 1. The maximum atomic E-state index is 12.0. The van der Waals surface area contributed by atoms with E-state index in [1.54, 1.807) is 0 Å². The zero-order chi connectivity index (χ0) is 13.0. The van der Waals surface area contributed by atoms with Gasteiger partial charge >= 0.3 is 5.97 Å². The molecule has 94 valence electrons. The number of ketones is 1. The van der Waals surface area contributed by atoms with Gasteiger partial charge < -0.3 is 21.1 Å². The molecule has 1 aromatic heterocycles. The third-order valence-electron chi connectivity index (χ3n) is 2.50. The van der Waals surface area contributed by atoms with Crippen LogP contribution in [0.2, 0.25) is 0 Å². The highest BCUT2D eigenvalue weighted by atomic mass is 16.4. The fraction of sp³-hybridized carbons (Fsp3) is 0.500. The highest BCUT2D eigenvalue weighted by Gasteiger charge is 2.36. The Kier molecular flexibility index (Phi) is 4.36. The molecule has 7 heteroatoms. The van der Waals surface area contributed by atoms with Crippen LogP contribution >= 0.6 is 0 Å². The Morgan fingerprint density at radius 2 is 2.24 bits per heavy atom. The van der Waals surface area contributed by atoms with Gasteiger partial charge in [0.05, 0.1) is 24.0 Å². The molecular formula is C10H16N4O3. The molecule has 3 atom stereocenters. The summed E-state index contributed by atoms with van der Waals surface area (Å²) in [6.07, 6.45) is 2.89. The average molecular weight is 240 g/mol. The largest absolute Gasteiger partial charge is 0.480 e. The molecule has 5 N–H and O–H groups in total. The number of nitrogens with two attached hydrogens (primary N) is 1. The molecule has 17 heavy (non-hydrogen) atoms. The van der Waals surface area contributed by atoms with Gasteiger partial charge in [0.1, 0.15) is 6.04 Å². The van der Waals surface area contributed by atoms with Crippen molar-refractivity contribution >= 4 is 11.8 Å². The van der Waals surface area contributed by atoms with Gasteiger partial charge in [0, 0.05) is 6.20 Å². The smallest absolute Gasteiger partial charge is 0.321 e. The van der Waals surface area contributed by atoms with Crippen LogP contribution in [0.3, 0.4) is 0 Å². The van der Waals surface area contributed by atoms with E-state index in [4.69, 9.17) is 10.8 Å². The zero-order valence-corrected chi connectivity index (χ0v) is 9.68. The normalized spacial score (nSPS) is 16.2. The highest BCUT2D eigenvalue weighted by molar-refractivity contribution is 5.94. The predicted molar refractivity (Wildman–Crippen MR) is 60.5 cm³/mol. The summed E-state index contributed by atoms with van der Waals surface area (Å²) >= 11 is 0. The quantitative estimate of drug-likeness (QED) is 0.510. The second kappa shape index (κ2) is 5.55. The van der Waals surface area contributed by atoms with E-state index >= 15 is 0 Å². The van der Waals surface area contributed by atoms with Gasteiger partial charge in [0.15, 0.2) is 5.78 Å². The van der Waals surface area contributed by atoms with Gasteiger partial charge in [-0.15, -0.1) is 0 Å². The van der Waals surface area contributed by atoms with Crippen molar-refractivity contribution in [3.05, 3.63) is 18.2 Å². The molecule has 7 nitrogen and oxygen atoms in total. The molecule has 0 aromatic carbocycles. The van der Waals surface area contributed by atoms with Gasteiger partial charge in [-0.05, 0) is 14.0 Å². The summed E-state index contributed by atoms with van der Waals surface area (Å²) in [5, 5.41) is 11.7. The van der Waals surface area contributed by atoms with Crippen LogP contribution in [-0.2, 0) is 9.59 Å². The van der Waals surface area contributed by atoms with E-state index in [0.717, 1.165) is 0 Å². The van der Waals surface area contributed by atoms with Crippen LogP contribution in [0, 0.1) is 0 Å². The number of likely N-dealkylation sites (N-methyl/N-ethyl adjacent to an activating group) is 1. The van der Waals surface area contributed by atoms with Gasteiger partial charge in [-0.2, -0.15) is 0 Å². The average Bonchev–Trinajstić information content (AvgIpc) is 2.77. The van der Waals surface area contributed by atoms with Crippen LogP contribution in [0.25, 0.3) is 0 Å². The molecule has 1 heterocycles. The van der Waals surface area contributed by atoms with E-state index in [0.29, 0.717) is 5.69 Å². The van der Waals surface area contributed by atoms with Crippen molar-refractivity contribution in [2.45, 2.75) is 24.9 Å². The van der Waals surface area contributed by atoms with E-state index in [2.05, 4.69) is 15.3 Å². The summed E-state index contributed by atoms with van der Waals surface area (Å²) in [5.74, 6) is -2.38. The van der Waals surface area contributed by atoms with Crippen molar-refractivity contribution in [2.24, 2.45) is 5.73 Å². The molecule has 0 radical (unpaired) electrons. The summed E-state index contributed by atoms with van der Waals surface area (Å²) in [5.41, 5.74) is 5.90. The third kappa shape index (κ3) is 2.89. The topological polar surface area (TPSA) is 121 Å². The Labute approximate surface area is 98.4 Å². The summed E-state index contributed by atoms with van der Waals surface area (Å²) < 4.78 is 0. The lowest BCUT2D eigenvalue weighted by Crippen LogP contribution is -2.46. The van der Waals surface area contributed by atoms with Crippen LogP contribution in [0.4, 0.5) is 0 Å². The van der Waals surface area contributed by atoms with E-state index in [9.17, 15) is 9.59 Å². The minimum Gasteiger partial charge on any atom is -0.480 e. The molecule has 0 aliphatic carbocycles. The zero-order valence-electron chi connectivity index (χ0n) is 9.68. The van der Waals surface area contributed by atoms with Gasteiger partial charge in [-0.3, -0.25) is 9.59 Å². The number of rotatable bonds is 6. The number of aromatic nitrogens is 2. The van der Waals surface area contributed by atoms with Crippen LogP contribution in [0.15, 0.2) is 12.5 Å². The number of carbonyl (C=O) groups is 2. The second-order valence-electron chi connectivity index (χ2n) is 3.77. The number of carboxylic acids is 1.